The summed E-state index contributed by atoms with van der Waals surface area (Å²) >= 11 is 0. The van der Waals surface area contributed by atoms with Crippen molar-refractivity contribution >= 4 is 22.6 Å². The average Bonchev–Trinajstić information content (AvgIpc) is 2.12. The Hall–Kier alpha value is -1.19. The van der Waals surface area contributed by atoms with Crippen molar-refractivity contribution in [2.75, 3.05) is 0 Å². The van der Waals surface area contributed by atoms with Crippen LogP contribution < -0.4 is 0 Å². The molecule has 1 rings (SSSR count). The molecule has 1 aliphatic heterocycles. The highest BCUT2D eigenvalue weighted by atomic mass is 32.2. The Morgan fingerprint density at radius 1 is 1.44 bits per heavy atom. The Bertz CT molecular complexity index is 454. The standard InChI is InChI=1S/C9H16N2O6S/c1-6-7(8(13)11(6)18(14,15)16)10(5-12)17-9(2,3)4/h5-7H,1-4H3,(H,14,15,16)/t6?,7-/m0/s1. The summed E-state index contributed by atoms with van der Waals surface area (Å²) in [5, 5.41) is 0.772. The van der Waals surface area contributed by atoms with Crippen molar-refractivity contribution in [2.45, 2.75) is 45.4 Å². The Morgan fingerprint density at radius 3 is 2.22 bits per heavy atom. The molecule has 0 aromatic heterocycles. The third kappa shape index (κ3) is 2.79. The first-order valence-corrected chi connectivity index (χ1v) is 6.62. The molecule has 18 heavy (non-hydrogen) atoms. The van der Waals surface area contributed by atoms with Crippen molar-refractivity contribution in [3.05, 3.63) is 0 Å². The molecular weight excluding hydrogens is 264 g/mol. The van der Waals surface area contributed by atoms with Gasteiger partial charge in [-0.25, -0.2) is 9.37 Å². The highest BCUT2D eigenvalue weighted by Crippen LogP contribution is 2.28. The lowest BCUT2D eigenvalue weighted by atomic mass is 10.0. The lowest BCUT2D eigenvalue weighted by Gasteiger charge is -2.46. The smallest absolute Gasteiger partial charge is 0.276 e. The molecule has 0 aliphatic carbocycles. The van der Waals surface area contributed by atoms with Crippen molar-refractivity contribution in [2.24, 2.45) is 0 Å². The number of hydrogen-bond donors (Lipinski definition) is 1. The van der Waals surface area contributed by atoms with Crippen LogP contribution in [-0.4, -0.2) is 52.3 Å². The Morgan fingerprint density at radius 2 is 1.94 bits per heavy atom. The lowest BCUT2D eigenvalue weighted by molar-refractivity contribution is -0.246. The number of rotatable bonds is 4. The number of nitrogens with zero attached hydrogens (tertiary/aromatic N) is 2. The summed E-state index contributed by atoms with van der Waals surface area (Å²) in [4.78, 5) is 27.7. The van der Waals surface area contributed by atoms with E-state index in [1.807, 2.05) is 0 Å². The summed E-state index contributed by atoms with van der Waals surface area (Å²) in [6.45, 7) is 6.43. The fraction of sp³-hybridized carbons (Fsp3) is 0.778. The van der Waals surface area contributed by atoms with Gasteiger partial charge in [0.2, 0.25) is 6.41 Å². The Kier molecular flexibility index (Phi) is 3.70. The number of β-lactam (4-membered cyclic amide) rings is 1. The molecular formula is C9H16N2O6S. The topological polar surface area (TPSA) is 104 Å². The molecule has 0 spiro atoms. The van der Waals surface area contributed by atoms with Crippen LogP contribution in [0.3, 0.4) is 0 Å². The minimum atomic E-state index is -4.60. The fourth-order valence-electron chi connectivity index (χ4n) is 1.69. The van der Waals surface area contributed by atoms with Gasteiger partial charge in [-0.2, -0.15) is 8.42 Å². The maximum Gasteiger partial charge on any atom is 0.362 e. The van der Waals surface area contributed by atoms with E-state index in [4.69, 9.17) is 9.39 Å². The zero-order valence-electron chi connectivity index (χ0n) is 10.5. The van der Waals surface area contributed by atoms with Gasteiger partial charge >= 0.3 is 10.3 Å². The molecule has 0 saturated carbocycles. The molecule has 8 nitrogen and oxygen atoms in total. The SMILES string of the molecule is CC1[C@H](N(C=O)OC(C)(C)C)C(=O)N1S(=O)(=O)O. The van der Waals surface area contributed by atoms with E-state index in [0.29, 0.717) is 10.7 Å². The first-order chi connectivity index (χ1) is 7.99. The van der Waals surface area contributed by atoms with Gasteiger partial charge in [0.1, 0.15) is 0 Å². The van der Waals surface area contributed by atoms with Gasteiger partial charge in [-0.1, -0.05) is 0 Å². The molecule has 1 saturated heterocycles. The zero-order valence-corrected chi connectivity index (χ0v) is 11.3. The summed E-state index contributed by atoms with van der Waals surface area (Å²) < 4.78 is 30.9. The molecule has 9 heteroatoms. The predicted octanol–water partition coefficient (Wildman–Crippen LogP) is -0.423. The summed E-state index contributed by atoms with van der Waals surface area (Å²) in [6.07, 6.45) is 0.311. The summed E-state index contributed by atoms with van der Waals surface area (Å²) in [5.74, 6) is -0.902. The Balaban J connectivity index is 2.87. The van der Waals surface area contributed by atoms with Gasteiger partial charge in [-0.3, -0.25) is 19.0 Å². The molecule has 1 unspecified atom stereocenters. The first kappa shape index (κ1) is 14.9. The number of hydroxylamine groups is 2. The van der Waals surface area contributed by atoms with Gasteiger partial charge in [0.05, 0.1) is 11.6 Å². The minimum absolute atomic E-state index is 0.306. The third-order valence-electron chi connectivity index (χ3n) is 2.30. The van der Waals surface area contributed by atoms with E-state index in [1.54, 1.807) is 20.8 Å². The van der Waals surface area contributed by atoms with Crippen molar-refractivity contribution in [3.63, 3.8) is 0 Å². The van der Waals surface area contributed by atoms with E-state index in [9.17, 15) is 18.0 Å². The predicted molar refractivity (Wildman–Crippen MR) is 60.4 cm³/mol. The van der Waals surface area contributed by atoms with Gasteiger partial charge < -0.3 is 0 Å². The van der Waals surface area contributed by atoms with Gasteiger partial charge in [0.25, 0.3) is 5.91 Å². The van der Waals surface area contributed by atoms with Crippen LogP contribution in [0.5, 0.6) is 0 Å². The fourth-order valence-corrected chi connectivity index (χ4v) is 2.56. The first-order valence-electron chi connectivity index (χ1n) is 5.22. The van der Waals surface area contributed by atoms with E-state index >= 15 is 0 Å². The van der Waals surface area contributed by atoms with Crippen molar-refractivity contribution in [1.82, 2.24) is 9.37 Å². The largest absolute Gasteiger partial charge is 0.362 e. The van der Waals surface area contributed by atoms with E-state index in [-0.39, 0.29) is 0 Å². The van der Waals surface area contributed by atoms with Gasteiger partial charge in [0, 0.05) is 0 Å². The molecule has 104 valence electrons. The number of hydrogen-bond acceptors (Lipinski definition) is 5. The maximum absolute atomic E-state index is 11.6. The molecule has 2 amide bonds. The van der Waals surface area contributed by atoms with Gasteiger partial charge in [-0.15, -0.1) is 0 Å². The summed E-state index contributed by atoms with van der Waals surface area (Å²) in [7, 11) is -4.60. The van der Waals surface area contributed by atoms with Crippen molar-refractivity contribution in [1.29, 1.82) is 0 Å². The van der Waals surface area contributed by atoms with E-state index in [0.717, 1.165) is 5.06 Å². The van der Waals surface area contributed by atoms with Gasteiger partial charge in [0.15, 0.2) is 6.04 Å². The number of carbonyl (C=O) groups excluding carboxylic acids is 2. The second kappa shape index (κ2) is 4.48. The second-order valence-electron chi connectivity index (χ2n) is 4.97. The van der Waals surface area contributed by atoms with Crippen molar-refractivity contribution < 1.29 is 27.4 Å². The summed E-state index contributed by atoms with van der Waals surface area (Å²) in [5.41, 5.74) is -0.709. The Labute approximate surface area is 105 Å². The number of carbonyl (C=O) groups is 2. The van der Waals surface area contributed by atoms with E-state index < -0.39 is 33.9 Å². The quantitative estimate of drug-likeness (QED) is 0.324. The highest BCUT2D eigenvalue weighted by Gasteiger charge is 2.54. The van der Waals surface area contributed by atoms with Crippen LogP contribution >= 0.6 is 0 Å². The third-order valence-corrected chi connectivity index (χ3v) is 3.31. The van der Waals surface area contributed by atoms with Crippen molar-refractivity contribution in [3.8, 4) is 0 Å². The van der Waals surface area contributed by atoms with Crippen LogP contribution in [0.1, 0.15) is 27.7 Å². The molecule has 1 heterocycles. The molecule has 1 aliphatic rings. The van der Waals surface area contributed by atoms with Crippen LogP contribution in [0.25, 0.3) is 0 Å². The molecule has 1 fully saturated rings. The normalized spacial score (nSPS) is 24.7. The number of amides is 2. The molecule has 0 aromatic carbocycles. The van der Waals surface area contributed by atoms with Crippen LogP contribution in [0, 0.1) is 0 Å². The van der Waals surface area contributed by atoms with E-state index in [1.165, 1.54) is 6.92 Å². The lowest BCUT2D eigenvalue weighted by Crippen LogP contribution is -2.70. The van der Waals surface area contributed by atoms with Crippen LogP contribution in [0.15, 0.2) is 0 Å². The monoisotopic (exact) mass is 280 g/mol. The highest BCUT2D eigenvalue weighted by molar-refractivity contribution is 7.84. The minimum Gasteiger partial charge on any atom is -0.276 e. The van der Waals surface area contributed by atoms with Crippen LogP contribution in [0.2, 0.25) is 0 Å². The zero-order chi connectivity index (χ0) is 14.3. The maximum atomic E-state index is 11.6. The second-order valence-corrected chi connectivity index (χ2v) is 6.26. The summed E-state index contributed by atoms with van der Waals surface area (Å²) in [6, 6.07) is -1.93. The molecule has 0 aromatic rings. The molecule has 0 radical (unpaired) electrons. The van der Waals surface area contributed by atoms with Crippen LogP contribution in [0.4, 0.5) is 0 Å². The molecule has 0 bridgehead atoms. The molecule has 1 N–H and O–H groups in total. The van der Waals surface area contributed by atoms with Crippen LogP contribution in [-0.2, 0) is 24.7 Å². The average molecular weight is 280 g/mol. The molecule has 2 atom stereocenters. The van der Waals surface area contributed by atoms with Gasteiger partial charge in [-0.05, 0) is 27.7 Å². The van der Waals surface area contributed by atoms with E-state index in [2.05, 4.69) is 0 Å².